The summed E-state index contributed by atoms with van der Waals surface area (Å²) in [4.78, 5) is 30.7. The van der Waals surface area contributed by atoms with E-state index in [4.69, 9.17) is 0 Å². The second-order valence-electron chi connectivity index (χ2n) is 6.27. The predicted molar refractivity (Wildman–Crippen MR) is 92.3 cm³/mol. The zero-order valence-corrected chi connectivity index (χ0v) is 15.0. The molecule has 126 valence electrons. The van der Waals surface area contributed by atoms with E-state index in [0.717, 1.165) is 18.0 Å². The van der Waals surface area contributed by atoms with Gasteiger partial charge >= 0.3 is 0 Å². The van der Waals surface area contributed by atoms with E-state index in [-0.39, 0.29) is 17.7 Å². The lowest BCUT2D eigenvalue weighted by Crippen LogP contribution is -2.51. The van der Waals surface area contributed by atoms with Crippen LogP contribution in [0.15, 0.2) is 17.5 Å². The maximum absolute atomic E-state index is 12.6. The molecule has 2 amide bonds. The number of amides is 2. The van der Waals surface area contributed by atoms with Crippen molar-refractivity contribution in [2.24, 2.45) is 5.92 Å². The van der Waals surface area contributed by atoms with Gasteiger partial charge in [-0.05, 0) is 36.3 Å². The first-order chi connectivity index (χ1) is 11.6. The first kappa shape index (κ1) is 15.7. The van der Waals surface area contributed by atoms with Crippen LogP contribution >= 0.6 is 22.9 Å². The summed E-state index contributed by atoms with van der Waals surface area (Å²) in [6, 6.07) is 4.16. The minimum atomic E-state index is -0.0162. The molecule has 2 aromatic rings. The van der Waals surface area contributed by atoms with Crippen LogP contribution in [0.2, 0.25) is 0 Å². The van der Waals surface area contributed by atoms with Crippen LogP contribution in [-0.4, -0.2) is 57.4 Å². The molecule has 0 spiro atoms. The Balaban J connectivity index is 1.33. The first-order valence-electron chi connectivity index (χ1n) is 8.05. The molecule has 2 fully saturated rings. The molecule has 0 N–H and O–H groups in total. The highest BCUT2D eigenvalue weighted by Gasteiger charge is 2.46. The van der Waals surface area contributed by atoms with E-state index < -0.39 is 0 Å². The van der Waals surface area contributed by atoms with Crippen molar-refractivity contribution in [2.75, 3.05) is 26.2 Å². The maximum Gasteiger partial charge on any atom is 0.267 e. The Kier molecular flexibility index (Phi) is 4.09. The minimum Gasteiger partial charge on any atom is -0.339 e. The fraction of sp³-hybridized carbons (Fsp3) is 0.500. The third-order valence-electron chi connectivity index (χ3n) is 4.74. The first-order valence-corrected chi connectivity index (χ1v) is 9.71. The number of carbonyl (C=O) groups excluding carboxylic acids is 2. The number of aryl methyl sites for hydroxylation is 1. The molecule has 0 radical (unpaired) electrons. The molecule has 1 saturated heterocycles. The topological polar surface area (TPSA) is 66.4 Å². The van der Waals surface area contributed by atoms with Gasteiger partial charge in [0.1, 0.15) is 4.88 Å². The molecule has 2 aromatic heterocycles. The molecule has 2 aliphatic rings. The highest BCUT2D eigenvalue weighted by Crippen LogP contribution is 2.50. The smallest absolute Gasteiger partial charge is 0.267 e. The minimum absolute atomic E-state index is 0.0162. The molecule has 0 aromatic carbocycles. The summed E-state index contributed by atoms with van der Waals surface area (Å²) in [5, 5.41) is 5.96. The van der Waals surface area contributed by atoms with Crippen molar-refractivity contribution >= 4 is 34.7 Å². The van der Waals surface area contributed by atoms with E-state index in [1.165, 1.54) is 4.88 Å². The maximum atomic E-state index is 12.6. The lowest BCUT2D eigenvalue weighted by atomic mass is 10.2. The van der Waals surface area contributed by atoms with E-state index >= 15 is 0 Å². The van der Waals surface area contributed by atoms with Crippen molar-refractivity contribution < 1.29 is 9.59 Å². The second-order valence-corrected chi connectivity index (χ2v) is 8.00. The fourth-order valence-corrected chi connectivity index (χ4v) is 4.75. The molecule has 6 nitrogen and oxygen atoms in total. The lowest BCUT2D eigenvalue weighted by molar-refractivity contribution is -0.134. The van der Waals surface area contributed by atoms with Crippen LogP contribution in [-0.2, 0) is 4.79 Å². The summed E-state index contributed by atoms with van der Waals surface area (Å²) in [6.07, 6.45) is 0.963. The zero-order valence-electron chi connectivity index (χ0n) is 13.3. The van der Waals surface area contributed by atoms with Gasteiger partial charge < -0.3 is 9.80 Å². The quantitative estimate of drug-likeness (QED) is 0.838. The number of carbonyl (C=O) groups is 2. The molecule has 1 aliphatic heterocycles. The molecule has 0 unspecified atom stereocenters. The van der Waals surface area contributed by atoms with Crippen molar-refractivity contribution in [3.63, 3.8) is 0 Å². The van der Waals surface area contributed by atoms with Crippen LogP contribution in [0.3, 0.4) is 0 Å². The van der Waals surface area contributed by atoms with E-state index in [1.807, 2.05) is 11.0 Å². The monoisotopic (exact) mass is 362 g/mol. The third kappa shape index (κ3) is 2.84. The van der Waals surface area contributed by atoms with Crippen molar-refractivity contribution in [3.8, 4) is 0 Å². The van der Waals surface area contributed by atoms with Gasteiger partial charge in [-0.15, -0.1) is 16.4 Å². The molecule has 1 aliphatic carbocycles. The van der Waals surface area contributed by atoms with Crippen molar-refractivity contribution in [1.82, 2.24) is 19.4 Å². The van der Waals surface area contributed by atoms with Gasteiger partial charge in [0.2, 0.25) is 5.91 Å². The van der Waals surface area contributed by atoms with Crippen LogP contribution in [0.1, 0.15) is 32.6 Å². The Morgan fingerprint density at radius 1 is 1.21 bits per heavy atom. The van der Waals surface area contributed by atoms with Gasteiger partial charge in [0.15, 0.2) is 0 Å². The number of hydrogen-bond donors (Lipinski definition) is 0. The number of thiophene rings is 1. The standard InChI is InChI=1S/C16H18N4O2S2/c1-10-14(24-18-17-10)16(22)20-6-4-19(5-7-20)15(21)12-9-11(12)13-3-2-8-23-13/h2-3,8,11-12H,4-7,9H2,1H3/t11-,12-/m0/s1. The SMILES string of the molecule is Cc1nnsc1C(=O)N1CCN(C(=O)[C@H]2C[C@@H]2c2cccs2)CC1. The molecule has 2 atom stereocenters. The summed E-state index contributed by atoms with van der Waals surface area (Å²) in [6.45, 7) is 4.19. The van der Waals surface area contributed by atoms with Crippen molar-refractivity contribution in [1.29, 1.82) is 0 Å². The van der Waals surface area contributed by atoms with E-state index in [0.29, 0.717) is 42.7 Å². The molecular weight excluding hydrogens is 344 g/mol. The number of rotatable bonds is 3. The van der Waals surface area contributed by atoms with Crippen LogP contribution < -0.4 is 0 Å². The number of hydrogen-bond acceptors (Lipinski definition) is 6. The summed E-state index contributed by atoms with van der Waals surface area (Å²) >= 11 is 2.87. The Morgan fingerprint density at radius 3 is 2.58 bits per heavy atom. The van der Waals surface area contributed by atoms with Crippen LogP contribution in [0.25, 0.3) is 0 Å². The van der Waals surface area contributed by atoms with Crippen LogP contribution in [0.5, 0.6) is 0 Å². The summed E-state index contributed by atoms with van der Waals surface area (Å²) in [7, 11) is 0. The van der Waals surface area contributed by atoms with Gasteiger partial charge in [-0.1, -0.05) is 10.6 Å². The average molecular weight is 362 g/mol. The van der Waals surface area contributed by atoms with Crippen molar-refractivity contribution in [3.05, 3.63) is 33.0 Å². The van der Waals surface area contributed by atoms with Crippen molar-refractivity contribution in [2.45, 2.75) is 19.3 Å². The molecule has 24 heavy (non-hydrogen) atoms. The molecule has 1 saturated carbocycles. The van der Waals surface area contributed by atoms with Gasteiger partial charge in [0, 0.05) is 42.9 Å². The van der Waals surface area contributed by atoms with Gasteiger partial charge in [-0.2, -0.15) is 0 Å². The van der Waals surface area contributed by atoms with E-state index in [2.05, 4.69) is 21.0 Å². The summed E-state index contributed by atoms with van der Waals surface area (Å²) < 4.78 is 3.83. The van der Waals surface area contributed by atoms with Gasteiger partial charge in [-0.3, -0.25) is 9.59 Å². The number of aromatic nitrogens is 2. The Hall–Kier alpha value is -1.80. The van der Waals surface area contributed by atoms with E-state index in [1.54, 1.807) is 23.2 Å². The Morgan fingerprint density at radius 2 is 1.96 bits per heavy atom. The highest BCUT2D eigenvalue weighted by molar-refractivity contribution is 7.10. The largest absolute Gasteiger partial charge is 0.339 e. The number of nitrogens with zero attached hydrogens (tertiary/aromatic N) is 4. The van der Waals surface area contributed by atoms with Gasteiger partial charge in [0.05, 0.1) is 5.69 Å². The zero-order chi connectivity index (χ0) is 16.7. The molecule has 4 rings (SSSR count). The predicted octanol–water partition coefficient (Wildman–Crippen LogP) is 2.00. The highest BCUT2D eigenvalue weighted by atomic mass is 32.1. The fourth-order valence-electron chi connectivity index (χ4n) is 3.22. The van der Waals surface area contributed by atoms with E-state index in [9.17, 15) is 9.59 Å². The third-order valence-corrected chi connectivity index (χ3v) is 6.56. The lowest BCUT2D eigenvalue weighted by Gasteiger charge is -2.34. The molecule has 0 bridgehead atoms. The summed E-state index contributed by atoms with van der Waals surface area (Å²) in [5.74, 6) is 0.774. The average Bonchev–Trinajstić information content (AvgIpc) is 3.00. The Bertz CT molecular complexity index is 750. The molecule has 8 heteroatoms. The second kappa shape index (κ2) is 6.25. The molecule has 3 heterocycles. The van der Waals surface area contributed by atoms with Crippen LogP contribution in [0, 0.1) is 12.8 Å². The summed E-state index contributed by atoms with van der Waals surface area (Å²) in [5.41, 5.74) is 0.681. The van der Waals surface area contributed by atoms with Crippen LogP contribution in [0.4, 0.5) is 0 Å². The molecular formula is C16H18N4O2S2. The van der Waals surface area contributed by atoms with Gasteiger partial charge in [-0.25, -0.2) is 0 Å². The number of piperazine rings is 1. The Labute approximate surface area is 148 Å². The normalized spacial score (nSPS) is 23.4. The van der Waals surface area contributed by atoms with Gasteiger partial charge in [0.25, 0.3) is 5.91 Å².